The van der Waals surface area contributed by atoms with E-state index in [1.54, 1.807) is 30.5 Å². The Bertz CT molecular complexity index is 987. The van der Waals surface area contributed by atoms with Crippen LogP contribution in [-0.4, -0.2) is 40.2 Å². The van der Waals surface area contributed by atoms with Crippen LogP contribution in [0.2, 0.25) is 5.02 Å². The number of pyridine rings is 1. The molecule has 5 N–H and O–H groups in total. The maximum absolute atomic E-state index is 12.1. The summed E-state index contributed by atoms with van der Waals surface area (Å²) in [6, 6.07) is 6.74. The molecule has 0 radical (unpaired) electrons. The first-order chi connectivity index (χ1) is 14.0. The third kappa shape index (κ3) is 4.96. The Morgan fingerprint density at radius 1 is 1.24 bits per heavy atom. The summed E-state index contributed by atoms with van der Waals surface area (Å²) in [6.45, 7) is 3.95. The van der Waals surface area contributed by atoms with Gasteiger partial charge in [-0.1, -0.05) is 18.5 Å². The standard InChI is InChI=1S/C20H25ClN6O2/c1-2-3-16-26-17-18(15(22)12-25-19(17)23)27(16)9-11-29-10-8-24-20(28)13-4-6-14(21)7-5-13/h4-7,12H,2-3,8-11,22H2,1H3,(H2,23,25)(H,24,28). The number of carbonyl (C=O) groups excluding carboxylic acids is 1. The molecule has 0 bridgehead atoms. The van der Waals surface area contributed by atoms with Crippen molar-refractivity contribution >= 4 is 40.0 Å². The molecule has 2 aromatic heterocycles. The van der Waals surface area contributed by atoms with E-state index in [1.165, 1.54) is 0 Å². The molecular formula is C20H25ClN6O2. The van der Waals surface area contributed by atoms with Crippen LogP contribution < -0.4 is 16.8 Å². The number of fused-ring (bicyclic) bond motifs is 1. The molecule has 0 fully saturated rings. The van der Waals surface area contributed by atoms with E-state index in [0.717, 1.165) is 24.2 Å². The minimum Gasteiger partial charge on any atom is -0.396 e. The number of halogens is 1. The lowest BCUT2D eigenvalue weighted by atomic mass is 10.2. The fourth-order valence-corrected chi connectivity index (χ4v) is 3.21. The minimum absolute atomic E-state index is 0.160. The van der Waals surface area contributed by atoms with Crippen LogP contribution in [0.4, 0.5) is 11.5 Å². The first kappa shape index (κ1) is 20.9. The monoisotopic (exact) mass is 416 g/mol. The summed E-state index contributed by atoms with van der Waals surface area (Å²) >= 11 is 5.83. The van der Waals surface area contributed by atoms with Gasteiger partial charge in [0.15, 0.2) is 5.82 Å². The fourth-order valence-electron chi connectivity index (χ4n) is 3.09. The van der Waals surface area contributed by atoms with Gasteiger partial charge in [-0.05, 0) is 30.7 Å². The van der Waals surface area contributed by atoms with Crippen molar-refractivity contribution in [3.8, 4) is 0 Å². The number of nitrogens with zero attached hydrogens (tertiary/aromatic N) is 3. The molecule has 0 saturated carbocycles. The zero-order valence-corrected chi connectivity index (χ0v) is 17.1. The lowest BCUT2D eigenvalue weighted by Gasteiger charge is -2.11. The number of nitrogens with one attached hydrogen (secondary N) is 1. The third-order valence-electron chi connectivity index (χ3n) is 4.48. The van der Waals surface area contributed by atoms with Crippen molar-refractivity contribution in [2.75, 3.05) is 31.2 Å². The number of imidazole rings is 1. The molecule has 0 aliphatic carbocycles. The molecule has 3 rings (SSSR count). The molecule has 0 atom stereocenters. The molecule has 29 heavy (non-hydrogen) atoms. The summed E-state index contributed by atoms with van der Waals surface area (Å²) < 4.78 is 7.73. The van der Waals surface area contributed by atoms with Crippen molar-refractivity contribution in [1.82, 2.24) is 19.9 Å². The van der Waals surface area contributed by atoms with Crippen LogP contribution >= 0.6 is 11.6 Å². The molecule has 0 aliphatic rings. The highest BCUT2D eigenvalue weighted by molar-refractivity contribution is 6.30. The van der Waals surface area contributed by atoms with Gasteiger partial charge in [-0.3, -0.25) is 4.79 Å². The first-order valence-electron chi connectivity index (χ1n) is 9.51. The lowest BCUT2D eigenvalue weighted by molar-refractivity contribution is 0.0909. The van der Waals surface area contributed by atoms with E-state index >= 15 is 0 Å². The van der Waals surface area contributed by atoms with Gasteiger partial charge in [0.2, 0.25) is 0 Å². The number of hydrogen-bond acceptors (Lipinski definition) is 6. The Morgan fingerprint density at radius 2 is 2.00 bits per heavy atom. The number of nitrogen functional groups attached to an aromatic ring is 2. The second kappa shape index (κ2) is 9.58. The molecule has 0 unspecified atom stereocenters. The van der Waals surface area contributed by atoms with E-state index < -0.39 is 0 Å². The summed E-state index contributed by atoms with van der Waals surface area (Å²) in [7, 11) is 0. The summed E-state index contributed by atoms with van der Waals surface area (Å²) in [4.78, 5) is 20.8. The van der Waals surface area contributed by atoms with Crippen LogP contribution in [0.1, 0.15) is 29.5 Å². The van der Waals surface area contributed by atoms with Crippen molar-refractivity contribution in [3.63, 3.8) is 0 Å². The van der Waals surface area contributed by atoms with E-state index in [0.29, 0.717) is 53.9 Å². The summed E-state index contributed by atoms with van der Waals surface area (Å²) in [5.41, 5.74) is 14.6. The largest absolute Gasteiger partial charge is 0.396 e. The Balaban J connectivity index is 1.53. The highest BCUT2D eigenvalue weighted by Gasteiger charge is 2.15. The Morgan fingerprint density at radius 3 is 2.72 bits per heavy atom. The molecule has 3 aromatic rings. The fraction of sp³-hybridized carbons (Fsp3) is 0.350. The molecule has 1 aromatic carbocycles. The quantitative estimate of drug-likeness (QED) is 0.461. The van der Waals surface area contributed by atoms with Crippen molar-refractivity contribution in [1.29, 1.82) is 0 Å². The lowest BCUT2D eigenvalue weighted by Crippen LogP contribution is -2.27. The highest BCUT2D eigenvalue weighted by Crippen LogP contribution is 2.26. The Kier molecular flexibility index (Phi) is 6.90. The van der Waals surface area contributed by atoms with Crippen molar-refractivity contribution in [3.05, 3.63) is 46.9 Å². The summed E-state index contributed by atoms with van der Waals surface area (Å²) in [5.74, 6) is 1.12. The molecular weight excluding hydrogens is 392 g/mol. The van der Waals surface area contributed by atoms with Crippen LogP contribution in [0.15, 0.2) is 30.5 Å². The van der Waals surface area contributed by atoms with Gasteiger partial charge in [0.1, 0.15) is 11.3 Å². The average Bonchev–Trinajstić information content (AvgIpc) is 3.07. The molecule has 1 amide bonds. The van der Waals surface area contributed by atoms with Crippen LogP contribution in [-0.2, 0) is 17.7 Å². The number of nitrogens with two attached hydrogens (primary N) is 2. The third-order valence-corrected chi connectivity index (χ3v) is 4.73. The maximum atomic E-state index is 12.1. The number of benzene rings is 1. The predicted octanol–water partition coefficient (Wildman–Crippen LogP) is 2.65. The van der Waals surface area contributed by atoms with Crippen LogP contribution in [0.3, 0.4) is 0 Å². The zero-order valence-electron chi connectivity index (χ0n) is 16.3. The molecule has 154 valence electrons. The molecule has 8 nitrogen and oxygen atoms in total. The molecule has 9 heteroatoms. The number of hydrogen-bond donors (Lipinski definition) is 3. The SMILES string of the molecule is CCCc1nc2c(N)ncc(N)c2n1CCOCCNC(=O)c1ccc(Cl)cc1. The summed E-state index contributed by atoms with van der Waals surface area (Å²) in [5, 5.41) is 3.41. The zero-order chi connectivity index (χ0) is 20.8. The Hall–Kier alpha value is -2.84. The van der Waals surface area contributed by atoms with E-state index in [4.69, 9.17) is 27.8 Å². The molecule has 2 heterocycles. The second-order valence-corrected chi connectivity index (χ2v) is 7.04. The highest BCUT2D eigenvalue weighted by atomic mass is 35.5. The number of aromatic nitrogens is 3. The van der Waals surface area contributed by atoms with Gasteiger partial charge in [0.25, 0.3) is 5.91 Å². The van der Waals surface area contributed by atoms with Crippen LogP contribution in [0, 0.1) is 0 Å². The molecule has 0 saturated heterocycles. The van der Waals surface area contributed by atoms with Crippen LogP contribution in [0.25, 0.3) is 11.0 Å². The van der Waals surface area contributed by atoms with Gasteiger partial charge < -0.3 is 26.1 Å². The van der Waals surface area contributed by atoms with E-state index in [-0.39, 0.29) is 5.91 Å². The predicted molar refractivity (Wildman–Crippen MR) is 115 cm³/mol. The first-order valence-corrected chi connectivity index (χ1v) is 9.89. The Labute approximate surface area is 174 Å². The van der Waals surface area contributed by atoms with Crippen molar-refractivity contribution < 1.29 is 9.53 Å². The van der Waals surface area contributed by atoms with Crippen molar-refractivity contribution in [2.24, 2.45) is 0 Å². The minimum atomic E-state index is -0.160. The van der Waals surface area contributed by atoms with Gasteiger partial charge in [-0.2, -0.15) is 0 Å². The number of aryl methyl sites for hydroxylation is 1. The van der Waals surface area contributed by atoms with Gasteiger partial charge >= 0.3 is 0 Å². The van der Waals surface area contributed by atoms with Crippen LogP contribution in [0.5, 0.6) is 0 Å². The van der Waals surface area contributed by atoms with Crippen molar-refractivity contribution in [2.45, 2.75) is 26.3 Å². The summed E-state index contributed by atoms with van der Waals surface area (Å²) in [6.07, 6.45) is 3.32. The van der Waals surface area contributed by atoms with Gasteiger partial charge in [-0.25, -0.2) is 9.97 Å². The maximum Gasteiger partial charge on any atom is 0.251 e. The smallest absolute Gasteiger partial charge is 0.251 e. The number of carbonyl (C=O) groups is 1. The van der Waals surface area contributed by atoms with Gasteiger partial charge in [0.05, 0.1) is 30.6 Å². The average molecular weight is 417 g/mol. The number of ether oxygens (including phenoxy) is 1. The number of amides is 1. The van der Waals surface area contributed by atoms with Gasteiger partial charge in [0, 0.05) is 30.1 Å². The molecule has 0 aliphatic heterocycles. The van der Waals surface area contributed by atoms with E-state index in [1.807, 2.05) is 4.57 Å². The van der Waals surface area contributed by atoms with E-state index in [2.05, 4.69) is 22.2 Å². The van der Waals surface area contributed by atoms with E-state index in [9.17, 15) is 4.79 Å². The topological polar surface area (TPSA) is 121 Å². The second-order valence-electron chi connectivity index (χ2n) is 6.60. The normalized spacial score (nSPS) is 11.1. The van der Waals surface area contributed by atoms with Gasteiger partial charge in [-0.15, -0.1) is 0 Å². The number of rotatable bonds is 9. The molecule has 0 spiro atoms. The number of anilines is 2.